The van der Waals surface area contributed by atoms with Crippen molar-refractivity contribution in [2.24, 2.45) is 16.4 Å². The molecule has 2 fully saturated rings. The van der Waals surface area contributed by atoms with E-state index in [-0.39, 0.29) is 55.3 Å². The van der Waals surface area contributed by atoms with Crippen LogP contribution in [0.1, 0.15) is 80.5 Å². The summed E-state index contributed by atoms with van der Waals surface area (Å²) in [5, 5.41) is 8.92. The number of anilines is 1. The van der Waals surface area contributed by atoms with E-state index in [1.807, 2.05) is 54.6 Å². The third kappa shape index (κ3) is 7.14. The minimum absolute atomic E-state index is 0.0795. The lowest BCUT2D eigenvalue weighted by Crippen LogP contribution is -2.36. The molecule has 2 saturated carbocycles. The summed E-state index contributed by atoms with van der Waals surface area (Å²) in [6.45, 7) is 3.81. The molecule has 6 rings (SSSR count). The molecule has 240 valence electrons. The average Bonchev–Trinajstić information content (AvgIpc) is 3.64. The number of esters is 1. The fourth-order valence-corrected chi connectivity index (χ4v) is 6.49. The largest absolute Gasteiger partial charge is 0.466 e. The van der Waals surface area contributed by atoms with Crippen LogP contribution in [0, 0.1) is 17.2 Å². The van der Waals surface area contributed by atoms with Crippen molar-refractivity contribution in [2.45, 2.75) is 77.4 Å². The van der Waals surface area contributed by atoms with Gasteiger partial charge in [0.25, 0.3) is 5.91 Å². The van der Waals surface area contributed by atoms with E-state index in [2.05, 4.69) is 10.4 Å². The molecule has 3 aromatic rings. The fraction of sp³-hybridized carbons (Fsp3) is 0.405. The summed E-state index contributed by atoms with van der Waals surface area (Å²) < 4.78 is 25.9. The first-order valence-electron chi connectivity index (χ1n) is 16.2. The summed E-state index contributed by atoms with van der Waals surface area (Å²) >= 11 is 0. The van der Waals surface area contributed by atoms with Gasteiger partial charge in [0.1, 0.15) is 5.82 Å². The van der Waals surface area contributed by atoms with Crippen molar-refractivity contribution in [3.63, 3.8) is 0 Å². The Morgan fingerprint density at radius 3 is 2.43 bits per heavy atom. The predicted octanol–water partition coefficient (Wildman–Crippen LogP) is 6.73. The van der Waals surface area contributed by atoms with Crippen molar-refractivity contribution in [3.05, 3.63) is 101 Å². The molecule has 0 saturated heterocycles. The van der Waals surface area contributed by atoms with E-state index in [0.29, 0.717) is 30.0 Å². The third-order valence-electron chi connectivity index (χ3n) is 9.15. The van der Waals surface area contributed by atoms with Crippen LogP contribution >= 0.6 is 0 Å². The molecule has 0 aromatic heterocycles. The molecule has 2 amide bonds. The number of amides is 2. The summed E-state index contributed by atoms with van der Waals surface area (Å²) in [5.74, 6) is -0.848. The molecule has 1 unspecified atom stereocenters. The molecule has 0 bridgehead atoms. The van der Waals surface area contributed by atoms with Crippen LogP contribution in [0.25, 0.3) is 0 Å². The normalized spacial score (nSPS) is 18.1. The Balaban J connectivity index is 1.17. The fourth-order valence-electron chi connectivity index (χ4n) is 6.49. The molecule has 1 atom stereocenters. The van der Waals surface area contributed by atoms with Gasteiger partial charge in [-0.15, -0.1) is 5.10 Å². The molecular formula is C37H40FN3O5. The van der Waals surface area contributed by atoms with E-state index < -0.39 is 11.2 Å². The maximum Gasteiger partial charge on any atom is 0.312 e. The Labute approximate surface area is 269 Å². The molecule has 3 aliphatic rings. The van der Waals surface area contributed by atoms with E-state index in [1.54, 1.807) is 26.0 Å². The van der Waals surface area contributed by atoms with Gasteiger partial charge >= 0.3 is 5.97 Å². The number of carbonyl (C=O) groups is 3. The number of hydrazone groups is 1. The standard InChI is InChI=1S/C37H40FN3O5/c1-24(2)46-36(44)37(18-19-37)21-29-20-30(16-17-31(29)38)39-34(43)33(26-8-6-7-9-26)27-14-12-25(13-15-27)22-41-32(42)23-45-35(40-41)28-10-4-3-5-11-28/h3-5,10-17,20,24,26,33H,6-9,18-19,21-23H2,1-2H3,(H,39,43). The lowest BCUT2D eigenvalue weighted by atomic mass is 9.83. The summed E-state index contributed by atoms with van der Waals surface area (Å²) in [4.78, 5) is 39.1. The zero-order valence-corrected chi connectivity index (χ0v) is 26.3. The molecule has 3 aromatic carbocycles. The maximum absolute atomic E-state index is 14.9. The first kappa shape index (κ1) is 31.5. The Hall–Kier alpha value is -4.53. The second-order valence-corrected chi connectivity index (χ2v) is 13.0. The van der Waals surface area contributed by atoms with Gasteiger partial charge in [-0.1, -0.05) is 55.3 Å². The van der Waals surface area contributed by atoms with Gasteiger partial charge < -0.3 is 14.8 Å². The quantitative estimate of drug-likeness (QED) is 0.238. The number of nitrogens with zero attached hydrogens (tertiary/aromatic N) is 2. The molecule has 1 aliphatic heterocycles. The average molecular weight is 626 g/mol. The van der Waals surface area contributed by atoms with Gasteiger partial charge in [-0.2, -0.15) is 0 Å². The summed E-state index contributed by atoms with van der Waals surface area (Å²) in [6.07, 6.45) is 5.38. The van der Waals surface area contributed by atoms with Gasteiger partial charge in [0.2, 0.25) is 11.8 Å². The Kier molecular flexibility index (Phi) is 9.20. The number of benzene rings is 3. The van der Waals surface area contributed by atoms with E-state index in [4.69, 9.17) is 9.47 Å². The summed E-state index contributed by atoms with van der Waals surface area (Å²) in [7, 11) is 0. The van der Waals surface area contributed by atoms with Crippen LogP contribution in [-0.2, 0) is 36.8 Å². The van der Waals surface area contributed by atoms with Crippen LogP contribution in [0.3, 0.4) is 0 Å². The van der Waals surface area contributed by atoms with Crippen molar-refractivity contribution < 1.29 is 28.2 Å². The van der Waals surface area contributed by atoms with Gasteiger partial charge in [0, 0.05) is 11.3 Å². The van der Waals surface area contributed by atoms with Crippen LogP contribution in [0.4, 0.5) is 10.1 Å². The number of carbonyl (C=O) groups excluding carboxylic acids is 3. The summed E-state index contributed by atoms with van der Waals surface area (Å²) in [6, 6.07) is 21.8. The zero-order chi connectivity index (χ0) is 32.3. The molecule has 46 heavy (non-hydrogen) atoms. The zero-order valence-electron chi connectivity index (χ0n) is 26.3. The van der Waals surface area contributed by atoms with Crippen molar-refractivity contribution in [1.82, 2.24) is 5.01 Å². The molecule has 2 aliphatic carbocycles. The first-order valence-corrected chi connectivity index (χ1v) is 16.2. The number of rotatable bonds is 11. The molecule has 0 spiro atoms. The van der Waals surface area contributed by atoms with Crippen LogP contribution in [0.15, 0.2) is 77.9 Å². The predicted molar refractivity (Wildman–Crippen MR) is 172 cm³/mol. The first-order chi connectivity index (χ1) is 22.2. The summed E-state index contributed by atoms with van der Waals surface area (Å²) in [5.41, 5.74) is 2.79. The highest BCUT2D eigenvalue weighted by molar-refractivity contribution is 5.98. The van der Waals surface area contributed by atoms with Crippen LogP contribution in [-0.4, -0.2) is 41.4 Å². The number of ether oxygens (including phenoxy) is 2. The Morgan fingerprint density at radius 1 is 1.04 bits per heavy atom. The molecule has 9 heteroatoms. The minimum Gasteiger partial charge on any atom is -0.466 e. The van der Waals surface area contributed by atoms with Crippen molar-refractivity contribution >= 4 is 29.4 Å². The van der Waals surface area contributed by atoms with Gasteiger partial charge in [0.15, 0.2) is 6.61 Å². The molecule has 8 nitrogen and oxygen atoms in total. The van der Waals surface area contributed by atoms with E-state index in [0.717, 1.165) is 42.4 Å². The van der Waals surface area contributed by atoms with Crippen LogP contribution in [0.5, 0.6) is 0 Å². The van der Waals surface area contributed by atoms with Crippen molar-refractivity contribution in [1.29, 1.82) is 0 Å². The van der Waals surface area contributed by atoms with Crippen molar-refractivity contribution in [2.75, 3.05) is 11.9 Å². The minimum atomic E-state index is -0.692. The van der Waals surface area contributed by atoms with Crippen LogP contribution in [0.2, 0.25) is 0 Å². The number of nitrogens with one attached hydrogen (secondary N) is 1. The topological polar surface area (TPSA) is 97.3 Å². The van der Waals surface area contributed by atoms with E-state index in [1.165, 1.54) is 11.1 Å². The Morgan fingerprint density at radius 2 is 1.76 bits per heavy atom. The lowest BCUT2D eigenvalue weighted by Gasteiger charge is -2.25. The van der Waals surface area contributed by atoms with Gasteiger partial charge in [-0.25, -0.2) is 9.40 Å². The smallest absolute Gasteiger partial charge is 0.312 e. The number of hydrogen-bond acceptors (Lipinski definition) is 6. The maximum atomic E-state index is 14.9. The highest BCUT2D eigenvalue weighted by Crippen LogP contribution is 2.50. The molecule has 1 heterocycles. The highest BCUT2D eigenvalue weighted by Gasteiger charge is 2.51. The molecule has 0 radical (unpaired) electrons. The monoisotopic (exact) mass is 625 g/mol. The third-order valence-corrected chi connectivity index (χ3v) is 9.15. The molecular weight excluding hydrogens is 585 g/mol. The Bertz CT molecular complexity index is 1610. The lowest BCUT2D eigenvalue weighted by molar-refractivity contribution is -0.154. The SMILES string of the molecule is CC(C)OC(=O)C1(Cc2cc(NC(=O)C(c3ccc(CN4N=C(c5ccccc5)OCC4=O)cc3)C3CCCC3)ccc2F)CC1. The number of hydrogen-bond donors (Lipinski definition) is 1. The number of halogens is 1. The second-order valence-electron chi connectivity index (χ2n) is 13.0. The van der Waals surface area contributed by atoms with Crippen molar-refractivity contribution in [3.8, 4) is 0 Å². The van der Waals surface area contributed by atoms with E-state index >= 15 is 0 Å². The van der Waals surface area contributed by atoms with Gasteiger partial charge in [0.05, 0.1) is 24.0 Å². The molecule has 1 N–H and O–H groups in total. The van der Waals surface area contributed by atoms with Crippen LogP contribution < -0.4 is 5.32 Å². The van der Waals surface area contributed by atoms with E-state index in [9.17, 15) is 18.8 Å². The van der Waals surface area contributed by atoms with Gasteiger partial charge in [-0.05, 0) is 98.9 Å². The van der Waals surface area contributed by atoms with Gasteiger partial charge in [-0.3, -0.25) is 14.4 Å². The second kappa shape index (κ2) is 13.4. The highest BCUT2D eigenvalue weighted by atomic mass is 19.1.